The molecule has 1 aromatic carbocycles. The average molecular weight is 232 g/mol. The molecule has 2 aliphatic rings. The van der Waals surface area contributed by atoms with Gasteiger partial charge in [-0.3, -0.25) is 0 Å². The van der Waals surface area contributed by atoms with Gasteiger partial charge in [-0.2, -0.15) is 0 Å². The minimum atomic E-state index is 0.251. The molecule has 0 aliphatic carbocycles. The SMILES string of the molecule is Cc1ccc2c(c1)C(CO)C1CNCCC1N2. The second-order valence-corrected chi connectivity index (χ2v) is 5.29. The number of piperidine rings is 1. The van der Waals surface area contributed by atoms with Crippen LogP contribution in [0.1, 0.15) is 23.5 Å². The van der Waals surface area contributed by atoms with Gasteiger partial charge in [-0.25, -0.2) is 0 Å². The Balaban J connectivity index is 2.01. The molecule has 1 aromatic rings. The van der Waals surface area contributed by atoms with Crippen molar-refractivity contribution in [2.75, 3.05) is 25.0 Å². The van der Waals surface area contributed by atoms with Gasteiger partial charge in [-0.05, 0) is 31.5 Å². The minimum Gasteiger partial charge on any atom is -0.396 e. The molecule has 3 rings (SSSR count). The third-order valence-electron chi connectivity index (χ3n) is 4.19. The lowest BCUT2D eigenvalue weighted by molar-refractivity contribution is 0.189. The maximum atomic E-state index is 9.71. The lowest BCUT2D eigenvalue weighted by atomic mass is 9.75. The summed E-state index contributed by atoms with van der Waals surface area (Å²) in [6.07, 6.45) is 1.15. The van der Waals surface area contributed by atoms with Crippen molar-refractivity contribution in [3.05, 3.63) is 29.3 Å². The number of benzene rings is 1. The number of nitrogens with one attached hydrogen (secondary N) is 2. The normalized spacial score (nSPS) is 31.3. The summed E-state index contributed by atoms with van der Waals surface area (Å²) in [7, 11) is 0. The van der Waals surface area contributed by atoms with Gasteiger partial charge in [0, 0.05) is 30.1 Å². The van der Waals surface area contributed by atoms with Gasteiger partial charge in [0.2, 0.25) is 0 Å². The van der Waals surface area contributed by atoms with E-state index in [2.05, 4.69) is 35.8 Å². The molecular weight excluding hydrogens is 212 g/mol. The summed E-state index contributed by atoms with van der Waals surface area (Å²) in [5.41, 5.74) is 3.78. The standard InChI is InChI=1S/C14H20N2O/c1-9-2-3-13-10(6-9)12(8-17)11-7-15-5-4-14(11)16-13/h2-3,6,11-12,14-17H,4-5,7-8H2,1H3. The number of hydrogen-bond acceptors (Lipinski definition) is 3. The first-order chi connectivity index (χ1) is 8.29. The summed E-state index contributed by atoms with van der Waals surface area (Å²) >= 11 is 0. The Morgan fingerprint density at radius 1 is 1.41 bits per heavy atom. The highest BCUT2D eigenvalue weighted by molar-refractivity contribution is 5.58. The van der Waals surface area contributed by atoms with Crippen molar-refractivity contribution >= 4 is 5.69 Å². The molecule has 2 aliphatic heterocycles. The van der Waals surface area contributed by atoms with Crippen molar-refractivity contribution in [1.82, 2.24) is 5.32 Å². The number of anilines is 1. The predicted octanol–water partition coefficient (Wildman–Crippen LogP) is 1.47. The summed E-state index contributed by atoms with van der Waals surface area (Å²) in [4.78, 5) is 0. The van der Waals surface area contributed by atoms with E-state index in [1.807, 2.05) is 0 Å². The van der Waals surface area contributed by atoms with Crippen molar-refractivity contribution in [3.8, 4) is 0 Å². The van der Waals surface area contributed by atoms with Crippen LogP contribution in [0.4, 0.5) is 5.69 Å². The lowest BCUT2D eigenvalue weighted by Gasteiger charge is -2.43. The first-order valence-electron chi connectivity index (χ1n) is 6.48. The van der Waals surface area contributed by atoms with Crippen LogP contribution >= 0.6 is 0 Å². The van der Waals surface area contributed by atoms with E-state index >= 15 is 0 Å². The van der Waals surface area contributed by atoms with Crippen molar-refractivity contribution in [2.24, 2.45) is 5.92 Å². The quantitative estimate of drug-likeness (QED) is 0.687. The maximum Gasteiger partial charge on any atom is 0.0504 e. The smallest absolute Gasteiger partial charge is 0.0504 e. The molecule has 0 amide bonds. The Labute approximate surface area is 102 Å². The molecule has 3 N–H and O–H groups in total. The summed E-state index contributed by atoms with van der Waals surface area (Å²) < 4.78 is 0. The highest BCUT2D eigenvalue weighted by atomic mass is 16.3. The fourth-order valence-corrected chi connectivity index (χ4v) is 3.27. The van der Waals surface area contributed by atoms with Gasteiger partial charge in [0.05, 0.1) is 6.61 Å². The first kappa shape index (κ1) is 11.1. The van der Waals surface area contributed by atoms with Gasteiger partial charge in [-0.15, -0.1) is 0 Å². The Morgan fingerprint density at radius 3 is 3.12 bits per heavy atom. The fraction of sp³-hybridized carbons (Fsp3) is 0.571. The van der Waals surface area contributed by atoms with E-state index in [4.69, 9.17) is 0 Å². The molecule has 3 atom stereocenters. The van der Waals surface area contributed by atoms with Crippen LogP contribution in [0.25, 0.3) is 0 Å². The van der Waals surface area contributed by atoms with Gasteiger partial charge in [0.1, 0.15) is 0 Å². The number of fused-ring (bicyclic) bond motifs is 2. The Morgan fingerprint density at radius 2 is 2.29 bits per heavy atom. The van der Waals surface area contributed by atoms with E-state index in [0.717, 1.165) is 19.5 Å². The molecule has 2 heterocycles. The molecule has 17 heavy (non-hydrogen) atoms. The van der Waals surface area contributed by atoms with Crippen LogP contribution < -0.4 is 10.6 Å². The van der Waals surface area contributed by atoms with E-state index in [9.17, 15) is 5.11 Å². The molecular formula is C14H20N2O. The van der Waals surface area contributed by atoms with Crippen LogP contribution in [-0.4, -0.2) is 30.8 Å². The molecule has 1 saturated heterocycles. The van der Waals surface area contributed by atoms with Crippen LogP contribution in [-0.2, 0) is 0 Å². The van der Waals surface area contributed by atoms with E-state index in [-0.39, 0.29) is 12.5 Å². The average Bonchev–Trinajstić information content (AvgIpc) is 2.36. The molecule has 0 radical (unpaired) electrons. The second kappa shape index (κ2) is 4.31. The van der Waals surface area contributed by atoms with Crippen molar-refractivity contribution in [1.29, 1.82) is 0 Å². The molecule has 1 fully saturated rings. The summed E-state index contributed by atoms with van der Waals surface area (Å²) in [6, 6.07) is 7.03. The van der Waals surface area contributed by atoms with Crippen LogP contribution in [0, 0.1) is 12.8 Å². The molecule has 0 saturated carbocycles. The van der Waals surface area contributed by atoms with Crippen molar-refractivity contribution in [3.63, 3.8) is 0 Å². The van der Waals surface area contributed by atoms with Gasteiger partial charge in [0.25, 0.3) is 0 Å². The summed E-state index contributed by atoms with van der Waals surface area (Å²) in [5.74, 6) is 0.798. The number of aryl methyl sites for hydroxylation is 1. The minimum absolute atomic E-state index is 0.251. The zero-order valence-electron chi connectivity index (χ0n) is 10.2. The lowest BCUT2D eigenvalue weighted by Crippen LogP contribution is -2.49. The van der Waals surface area contributed by atoms with E-state index in [0.29, 0.717) is 12.0 Å². The highest BCUT2D eigenvalue weighted by Gasteiger charge is 2.37. The zero-order valence-corrected chi connectivity index (χ0v) is 10.2. The molecule has 3 heteroatoms. The summed E-state index contributed by atoms with van der Waals surface area (Å²) in [6.45, 7) is 4.45. The van der Waals surface area contributed by atoms with E-state index < -0.39 is 0 Å². The highest BCUT2D eigenvalue weighted by Crippen LogP contribution is 2.40. The Kier molecular flexibility index (Phi) is 2.81. The van der Waals surface area contributed by atoms with Gasteiger partial charge in [0.15, 0.2) is 0 Å². The monoisotopic (exact) mass is 232 g/mol. The van der Waals surface area contributed by atoms with Gasteiger partial charge < -0.3 is 15.7 Å². The Bertz CT molecular complexity index is 419. The fourth-order valence-electron chi connectivity index (χ4n) is 3.27. The van der Waals surface area contributed by atoms with Crippen LogP contribution in [0.5, 0.6) is 0 Å². The summed E-state index contributed by atoms with van der Waals surface area (Å²) in [5, 5.41) is 16.8. The Hall–Kier alpha value is -1.06. The largest absolute Gasteiger partial charge is 0.396 e. The third kappa shape index (κ3) is 1.83. The number of aliphatic hydroxyl groups excluding tert-OH is 1. The van der Waals surface area contributed by atoms with Crippen LogP contribution in [0.15, 0.2) is 18.2 Å². The molecule has 92 valence electrons. The van der Waals surface area contributed by atoms with E-state index in [1.54, 1.807) is 0 Å². The predicted molar refractivity (Wildman–Crippen MR) is 69.4 cm³/mol. The number of hydrogen-bond donors (Lipinski definition) is 3. The van der Waals surface area contributed by atoms with Crippen LogP contribution in [0.2, 0.25) is 0 Å². The van der Waals surface area contributed by atoms with Crippen molar-refractivity contribution in [2.45, 2.75) is 25.3 Å². The molecule has 0 bridgehead atoms. The maximum absolute atomic E-state index is 9.71. The molecule has 0 spiro atoms. The molecule has 3 nitrogen and oxygen atoms in total. The van der Waals surface area contributed by atoms with E-state index in [1.165, 1.54) is 16.8 Å². The third-order valence-corrected chi connectivity index (χ3v) is 4.19. The number of rotatable bonds is 1. The molecule has 0 aromatic heterocycles. The van der Waals surface area contributed by atoms with Crippen molar-refractivity contribution < 1.29 is 5.11 Å². The molecule has 3 unspecified atom stereocenters. The van der Waals surface area contributed by atoms with Crippen LogP contribution in [0.3, 0.4) is 0 Å². The zero-order chi connectivity index (χ0) is 11.8. The first-order valence-corrected chi connectivity index (χ1v) is 6.48. The topological polar surface area (TPSA) is 44.3 Å². The van der Waals surface area contributed by atoms with Gasteiger partial charge in [-0.1, -0.05) is 17.7 Å². The van der Waals surface area contributed by atoms with Gasteiger partial charge >= 0.3 is 0 Å². The second-order valence-electron chi connectivity index (χ2n) is 5.29. The number of aliphatic hydroxyl groups is 1.